The highest BCUT2D eigenvalue weighted by Crippen LogP contribution is 2.31. The molecule has 1 atom stereocenters. The predicted molar refractivity (Wildman–Crippen MR) is 96.5 cm³/mol. The maximum atomic E-state index is 12.0. The molecule has 0 aliphatic rings. The Hall–Kier alpha value is -1.73. The fourth-order valence-corrected chi connectivity index (χ4v) is 2.87. The molecule has 0 bridgehead atoms. The van der Waals surface area contributed by atoms with Crippen molar-refractivity contribution in [1.82, 2.24) is 20.5 Å². The van der Waals surface area contributed by atoms with Crippen LogP contribution in [0.2, 0.25) is 5.02 Å². The van der Waals surface area contributed by atoms with Gasteiger partial charge in [0.25, 0.3) is 0 Å². The summed E-state index contributed by atoms with van der Waals surface area (Å²) in [7, 11) is 1.58. The number of nitrogens with zero attached hydrogens (tertiary/aromatic N) is 2. The van der Waals surface area contributed by atoms with Crippen LogP contribution in [0, 0.1) is 5.92 Å². The molecular formula is C16H21ClN4O2S. The number of rotatable bonds is 7. The van der Waals surface area contributed by atoms with Gasteiger partial charge in [-0.05, 0) is 31.0 Å². The molecule has 0 spiro atoms. The van der Waals surface area contributed by atoms with Crippen molar-refractivity contribution in [3.63, 3.8) is 0 Å². The molecule has 1 amide bonds. The molecule has 0 aliphatic carbocycles. The van der Waals surface area contributed by atoms with Crippen LogP contribution in [0.5, 0.6) is 5.75 Å². The molecule has 2 rings (SSSR count). The molecule has 1 unspecified atom stereocenters. The van der Waals surface area contributed by atoms with E-state index in [4.69, 9.17) is 16.3 Å². The van der Waals surface area contributed by atoms with Gasteiger partial charge in [-0.2, -0.15) is 0 Å². The average Bonchev–Trinajstić information content (AvgIpc) is 3.00. The fourth-order valence-electron chi connectivity index (χ4n) is 1.94. The highest BCUT2D eigenvalue weighted by Gasteiger charge is 2.18. The summed E-state index contributed by atoms with van der Waals surface area (Å²) in [6, 6.07) is 5.28. The van der Waals surface area contributed by atoms with E-state index in [1.807, 2.05) is 6.92 Å². The van der Waals surface area contributed by atoms with Crippen LogP contribution < -0.4 is 10.1 Å². The lowest BCUT2D eigenvalue weighted by Crippen LogP contribution is -2.33. The molecule has 6 nitrogen and oxygen atoms in total. The van der Waals surface area contributed by atoms with Crippen molar-refractivity contribution >= 4 is 29.3 Å². The lowest BCUT2D eigenvalue weighted by Gasteiger charge is -2.11. The SMILES string of the molecule is COc1ccc(Cl)cc1-c1nc(SC(C)C(=O)NCC(C)C)n[nH]1. The number of benzene rings is 1. The molecule has 0 saturated carbocycles. The molecule has 1 aromatic carbocycles. The molecule has 24 heavy (non-hydrogen) atoms. The molecule has 0 fully saturated rings. The highest BCUT2D eigenvalue weighted by molar-refractivity contribution is 8.00. The smallest absolute Gasteiger partial charge is 0.233 e. The van der Waals surface area contributed by atoms with Gasteiger partial charge >= 0.3 is 0 Å². The average molecular weight is 369 g/mol. The Morgan fingerprint density at radius 3 is 2.83 bits per heavy atom. The van der Waals surface area contributed by atoms with Crippen LogP contribution in [0.25, 0.3) is 11.4 Å². The molecule has 1 aromatic heterocycles. The van der Waals surface area contributed by atoms with Crippen LogP contribution in [-0.4, -0.2) is 40.0 Å². The van der Waals surface area contributed by atoms with Crippen molar-refractivity contribution in [2.45, 2.75) is 31.2 Å². The Labute approximate surface area is 150 Å². The van der Waals surface area contributed by atoms with E-state index in [0.717, 1.165) is 5.56 Å². The van der Waals surface area contributed by atoms with E-state index in [1.54, 1.807) is 25.3 Å². The second kappa shape index (κ2) is 8.39. The van der Waals surface area contributed by atoms with Crippen LogP contribution >= 0.6 is 23.4 Å². The standard InChI is InChI=1S/C16H21ClN4O2S/c1-9(2)8-18-15(22)10(3)24-16-19-14(20-21-16)12-7-11(17)5-6-13(12)23-4/h5-7,9-10H,8H2,1-4H3,(H,18,22)(H,19,20,21). The van der Waals surface area contributed by atoms with Gasteiger partial charge in [0, 0.05) is 11.6 Å². The van der Waals surface area contributed by atoms with E-state index in [2.05, 4.69) is 34.3 Å². The first-order valence-corrected chi connectivity index (χ1v) is 8.87. The zero-order valence-electron chi connectivity index (χ0n) is 14.1. The van der Waals surface area contributed by atoms with Crippen LogP contribution in [0.3, 0.4) is 0 Å². The fraction of sp³-hybridized carbons (Fsp3) is 0.438. The summed E-state index contributed by atoms with van der Waals surface area (Å²) < 4.78 is 5.32. The number of H-pyrrole nitrogens is 1. The molecule has 2 N–H and O–H groups in total. The van der Waals surface area contributed by atoms with E-state index in [9.17, 15) is 4.79 Å². The Morgan fingerprint density at radius 2 is 2.17 bits per heavy atom. The Balaban J connectivity index is 2.08. The second-order valence-corrected chi connectivity index (χ2v) is 7.45. The third-order valence-electron chi connectivity index (χ3n) is 3.22. The van der Waals surface area contributed by atoms with Crippen molar-refractivity contribution in [3.05, 3.63) is 23.2 Å². The zero-order valence-corrected chi connectivity index (χ0v) is 15.7. The number of methoxy groups -OCH3 is 1. The molecular weight excluding hydrogens is 348 g/mol. The summed E-state index contributed by atoms with van der Waals surface area (Å²) in [6.45, 7) is 6.59. The summed E-state index contributed by atoms with van der Waals surface area (Å²) in [6.07, 6.45) is 0. The summed E-state index contributed by atoms with van der Waals surface area (Å²) >= 11 is 7.34. The van der Waals surface area contributed by atoms with Gasteiger partial charge in [0.15, 0.2) is 5.82 Å². The topological polar surface area (TPSA) is 79.9 Å². The summed E-state index contributed by atoms with van der Waals surface area (Å²) in [5.41, 5.74) is 0.723. The van der Waals surface area contributed by atoms with Crippen molar-refractivity contribution < 1.29 is 9.53 Å². The first-order chi connectivity index (χ1) is 11.4. The van der Waals surface area contributed by atoms with Gasteiger partial charge in [0.2, 0.25) is 11.1 Å². The molecule has 0 radical (unpaired) electrons. The van der Waals surface area contributed by atoms with E-state index in [1.165, 1.54) is 11.8 Å². The molecule has 2 aromatic rings. The molecule has 130 valence electrons. The minimum Gasteiger partial charge on any atom is -0.496 e. The number of thioether (sulfide) groups is 1. The molecule has 1 heterocycles. The van der Waals surface area contributed by atoms with Gasteiger partial charge in [-0.25, -0.2) is 4.98 Å². The second-order valence-electron chi connectivity index (χ2n) is 5.71. The van der Waals surface area contributed by atoms with E-state index in [0.29, 0.717) is 34.2 Å². The van der Waals surface area contributed by atoms with Crippen LogP contribution in [0.15, 0.2) is 23.4 Å². The van der Waals surface area contributed by atoms with Crippen LogP contribution in [0.4, 0.5) is 0 Å². The quantitative estimate of drug-likeness (QED) is 0.732. The molecule has 8 heteroatoms. The largest absolute Gasteiger partial charge is 0.496 e. The van der Waals surface area contributed by atoms with Crippen molar-refractivity contribution in [2.24, 2.45) is 5.92 Å². The first-order valence-electron chi connectivity index (χ1n) is 7.61. The number of amides is 1. The van der Waals surface area contributed by atoms with Gasteiger partial charge in [-0.3, -0.25) is 9.89 Å². The number of aromatic amines is 1. The maximum Gasteiger partial charge on any atom is 0.233 e. The number of halogens is 1. The third kappa shape index (κ3) is 4.88. The lowest BCUT2D eigenvalue weighted by atomic mass is 10.2. The van der Waals surface area contributed by atoms with Crippen LogP contribution in [-0.2, 0) is 4.79 Å². The van der Waals surface area contributed by atoms with Gasteiger partial charge in [0.05, 0.1) is 17.9 Å². The van der Waals surface area contributed by atoms with Crippen molar-refractivity contribution in [2.75, 3.05) is 13.7 Å². The van der Waals surface area contributed by atoms with Gasteiger partial charge in [0.1, 0.15) is 5.75 Å². The Kier molecular flexibility index (Phi) is 6.51. The van der Waals surface area contributed by atoms with E-state index in [-0.39, 0.29) is 11.2 Å². The predicted octanol–water partition coefficient (Wildman–Crippen LogP) is 3.39. The maximum absolute atomic E-state index is 12.0. The van der Waals surface area contributed by atoms with E-state index < -0.39 is 0 Å². The number of carbonyl (C=O) groups excluding carboxylic acids is 1. The third-order valence-corrected chi connectivity index (χ3v) is 4.41. The zero-order chi connectivity index (χ0) is 17.7. The number of nitrogens with one attached hydrogen (secondary N) is 2. The number of hydrogen-bond acceptors (Lipinski definition) is 5. The monoisotopic (exact) mass is 368 g/mol. The summed E-state index contributed by atoms with van der Waals surface area (Å²) in [5, 5.41) is 10.7. The number of hydrogen-bond donors (Lipinski definition) is 2. The van der Waals surface area contributed by atoms with Gasteiger partial charge in [-0.15, -0.1) is 5.10 Å². The summed E-state index contributed by atoms with van der Waals surface area (Å²) in [5.74, 6) is 1.58. The Morgan fingerprint density at radius 1 is 1.42 bits per heavy atom. The molecule has 0 aliphatic heterocycles. The van der Waals surface area contributed by atoms with E-state index >= 15 is 0 Å². The lowest BCUT2D eigenvalue weighted by molar-refractivity contribution is -0.120. The number of carbonyl (C=O) groups is 1. The minimum absolute atomic E-state index is 0.0274. The van der Waals surface area contributed by atoms with Crippen LogP contribution in [0.1, 0.15) is 20.8 Å². The van der Waals surface area contributed by atoms with Crippen molar-refractivity contribution in [3.8, 4) is 17.1 Å². The number of aromatic nitrogens is 3. The molecule has 0 saturated heterocycles. The first kappa shape index (κ1) is 18.6. The normalized spacial score (nSPS) is 12.2. The van der Waals surface area contributed by atoms with Crippen molar-refractivity contribution in [1.29, 1.82) is 0 Å². The van der Waals surface area contributed by atoms with Gasteiger partial charge in [-0.1, -0.05) is 37.2 Å². The highest BCUT2D eigenvalue weighted by atomic mass is 35.5. The van der Waals surface area contributed by atoms with Gasteiger partial charge < -0.3 is 10.1 Å². The minimum atomic E-state index is -0.284. The summed E-state index contributed by atoms with van der Waals surface area (Å²) in [4.78, 5) is 16.5. The number of ether oxygens (including phenoxy) is 1. The Bertz CT molecular complexity index is 705.